The Balaban J connectivity index is 1.84. The van der Waals surface area contributed by atoms with Crippen LogP contribution in [0.4, 0.5) is 0 Å². The zero-order valence-electron chi connectivity index (χ0n) is 18.4. The summed E-state index contributed by atoms with van der Waals surface area (Å²) in [5.41, 5.74) is 9.43. The van der Waals surface area contributed by atoms with Crippen LogP contribution in [-0.2, 0) is 11.3 Å². The molecule has 2 atom stereocenters. The largest absolute Gasteiger partial charge is 0.512 e. The zero-order valence-corrected chi connectivity index (χ0v) is 18.4. The van der Waals surface area contributed by atoms with E-state index in [2.05, 4.69) is 46.2 Å². The van der Waals surface area contributed by atoms with E-state index in [1.54, 1.807) is 0 Å². The first-order valence-corrected chi connectivity index (χ1v) is 10.9. The van der Waals surface area contributed by atoms with Crippen molar-refractivity contribution in [1.82, 2.24) is 5.48 Å². The highest BCUT2D eigenvalue weighted by Gasteiger charge is 2.34. The minimum atomic E-state index is -0.127. The van der Waals surface area contributed by atoms with Gasteiger partial charge in [-0.1, -0.05) is 19.4 Å². The van der Waals surface area contributed by atoms with Crippen molar-refractivity contribution in [3.8, 4) is 5.75 Å². The molecule has 0 fully saturated rings. The third-order valence-corrected chi connectivity index (χ3v) is 6.33. The Morgan fingerprint density at radius 2 is 2.04 bits per heavy atom. The van der Waals surface area contributed by atoms with Crippen LogP contribution in [0.25, 0.3) is 0 Å². The molecule has 0 radical (unpaired) electrons. The van der Waals surface area contributed by atoms with Gasteiger partial charge in [-0.15, -0.1) is 0 Å². The van der Waals surface area contributed by atoms with Crippen molar-refractivity contribution < 1.29 is 14.7 Å². The van der Waals surface area contributed by atoms with Crippen LogP contribution in [0.1, 0.15) is 88.0 Å². The summed E-state index contributed by atoms with van der Waals surface area (Å²) in [5.74, 6) is 1.99. The van der Waals surface area contributed by atoms with Gasteiger partial charge in [0.2, 0.25) is 0 Å². The summed E-state index contributed by atoms with van der Waals surface area (Å²) in [6, 6.07) is 2.46. The maximum Gasteiger partial charge on any atom is 0.126 e. The molecule has 4 heteroatoms. The van der Waals surface area contributed by atoms with Crippen molar-refractivity contribution in [2.75, 3.05) is 6.61 Å². The monoisotopic (exact) mass is 387 g/mol. The number of fused-ring (bicyclic) bond motifs is 1. The van der Waals surface area contributed by atoms with Crippen LogP contribution in [0.5, 0.6) is 5.75 Å². The molecule has 2 aliphatic rings. The average Bonchev–Trinajstić information content (AvgIpc) is 2.96. The minimum Gasteiger partial charge on any atom is -0.512 e. The van der Waals surface area contributed by atoms with Crippen LogP contribution in [0.3, 0.4) is 0 Å². The van der Waals surface area contributed by atoms with E-state index in [-0.39, 0.29) is 11.6 Å². The van der Waals surface area contributed by atoms with Crippen LogP contribution in [0, 0.1) is 13.8 Å². The van der Waals surface area contributed by atoms with E-state index < -0.39 is 0 Å². The van der Waals surface area contributed by atoms with Crippen molar-refractivity contribution in [3.63, 3.8) is 0 Å². The van der Waals surface area contributed by atoms with Crippen LogP contribution < -0.4 is 10.2 Å². The van der Waals surface area contributed by atoms with Gasteiger partial charge >= 0.3 is 0 Å². The second-order valence-corrected chi connectivity index (χ2v) is 9.05. The predicted octanol–water partition coefficient (Wildman–Crippen LogP) is 5.81. The molecule has 0 saturated heterocycles. The second-order valence-electron chi connectivity index (χ2n) is 9.05. The summed E-state index contributed by atoms with van der Waals surface area (Å²) in [6.45, 7) is 13.5. The van der Waals surface area contributed by atoms with Crippen molar-refractivity contribution >= 4 is 0 Å². The Hall–Kier alpha value is -1.52. The lowest BCUT2D eigenvalue weighted by Crippen LogP contribution is -2.33. The lowest BCUT2D eigenvalue weighted by Gasteiger charge is -2.31. The molecule has 0 aromatic heterocycles. The first-order valence-electron chi connectivity index (χ1n) is 10.9. The van der Waals surface area contributed by atoms with E-state index in [4.69, 9.17) is 9.57 Å². The van der Waals surface area contributed by atoms with Crippen molar-refractivity contribution in [1.29, 1.82) is 0 Å². The molecule has 2 N–H and O–H groups in total. The van der Waals surface area contributed by atoms with Crippen LogP contribution >= 0.6 is 0 Å². The summed E-state index contributed by atoms with van der Waals surface area (Å²) in [5, 5.41) is 10.9. The summed E-state index contributed by atoms with van der Waals surface area (Å²) < 4.78 is 6.20. The number of rotatable bonds is 7. The van der Waals surface area contributed by atoms with Gasteiger partial charge < -0.3 is 14.7 Å². The Bertz CT molecular complexity index is 751. The lowest BCUT2D eigenvalue weighted by molar-refractivity contribution is 0.0284. The van der Waals surface area contributed by atoms with Crippen molar-refractivity contribution in [2.45, 2.75) is 97.6 Å². The molecular weight excluding hydrogens is 350 g/mol. The quantitative estimate of drug-likeness (QED) is 0.580. The first-order chi connectivity index (χ1) is 13.3. The zero-order chi connectivity index (χ0) is 20.5. The highest BCUT2D eigenvalue weighted by atomic mass is 16.6. The molecule has 1 aromatic carbocycles. The third-order valence-electron chi connectivity index (χ3n) is 6.33. The summed E-state index contributed by atoms with van der Waals surface area (Å²) >= 11 is 0. The normalized spacial score (nSPS) is 22.1. The maximum absolute atomic E-state index is 10.9. The molecular formula is C24H37NO3. The van der Waals surface area contributed by atoms with Gasteiger partial charge in [0.15, 0.2) is 0 Å². The maximum atomic E-state index is 10.9. The van der Waals surface area contributed by atoms with E-state index >= 15 is 0 Å². The van der Waals surface area contributed by atoms with Gasteiger partial charge in [0, 0.05) is 12.8 Å². The highest BCUT2D eigenvalue weighted by molar-refractivity contribution is 5.53. The van der Waals surface area contributed by atoms with E-state index in [1.807, 2.05) is 6.92 Å². The Morgan fingerprint density at radius 1 is 1.29 bits per heavy atom. The number of allylic oxidation sites excluding steroid dienone is 1. The number of hydrogen-bond acceptors (Lipinski definition) is 4. The highest BCUT2D eigenvalue weighted by Crippen LogP contribution is 2.45. The summed E-state index contributed by atoms with van der Waals surface area (Å²) in [4.78, 5) is 5.46. The first kappa shape index (κ1) is 21.2. The molecule has 1 heterocycles. The van der Waals surface area contributed by atoms with Gasteiger partial charge in [0.1, 0.15) is 11.4 Å². The van der Waals surface area contributed by atoms with Gasteiger partial charge in [-0.3, -0.25) is 0 Å². The molecule has 0 amide bonds. The van der Waals surface area contributed by atoms with Gasteiger partial charge in [-0.25, -0.2) is 0 Å². The van der Waals surface area contributed by atoms with Crippen molar-refractivity contribution in [3.05, 3.63) is 39.7 Å². The van der Waals surface area contributed by atoms with E-state index in [1.165, 1.54) is 22.3 Å². The Kier molecular flexibility index (Phi) is 6.41. The second kappa shape index (κ2) is 8.46. The lowest BCUT2D eigenvalue weighted by atomic mass is 9.78. The molecule has 1 aliphatic heterocycles. The molecule has 0 spiro atoms. The molecule has 0 saturated carbocycles. The summed E-state index contributed by atoms with van der Waals surface area (Å²) in [7, 11) is 0. The molecule has 4 nitrogen and oxygen atoms in total. The number of ether oxygens (including phenoxy) is 1. The van der Waals surface area contributed by atoms with E-state index in [0.29, 0.717) is 24.7 Å². The van der Waals surface area contributed by atoms with Crippen LogP contribution in [0.2, 0.25) is 0 Å². The number of aliphatic hydroxyl groups excluding tert-OH is 1. The predicted molar refractivity (Wildman–Crippen MR) is 114 cm³/mol. The number of hydroxylamine groups is 1. The molecule has 28 heavy (non-hydrogen) atoms. The topological polar surface area (TPSA) is 50.7 Å². The van der Waals surface area contributed by atoms with Gasteiger partial charge in [0.25, 0.3) is 0 Å². The Morgan fingerprint density at radius 3 is 2.68 bits per heavy atom. The number of nitrogens with one attached hydrogen (secondary N) is 1. The number of aliphatic hydroxyl groups is 1. The Labute approximate surface area is 170 Å². The van der Waals surface area contributed by atoms with Gasteiger partial charge in [-0.05, 0) is 87.6 Å². The molecule has 156 valence electrons. The van der Waals surface area contributed by atoms with Crippen LogP contribution in [-0.4, -0.2) is 23.4 Å². The fourth-order valence-corrected chi connectivity index (χ4v) is 4.82. The van der Waals surface area contributed by atoms with E-state index in [9.17, 15) is 5.11 Å². The standard InChI is InChI=1S/C24H37NO3/c1-7-9-21(25-27-8-2)19-11-10-17(13-22(19)26)20-12-18-14-24(5,6)28-23(18)16(4)15(20)3/h12,17,21,25-26H,7-11,13-14H2,1-6H3. The van der Waals surface area contributed by atoms with Gasteiger partial charge in [0.05, 0.1) is 18.4 Å². The smallest absolute Gasteiger partial charge is 0.126 e. The number of hydrogen-bond donors (Lipinski definition) is 2. The van der Waals surface area contributed by atoms with E-state index in [0.717, 1.165) is 43.4 Å². The molecule has 2 unspecified atom stereocenters. The number of benzene rings is 1. The summed E-state index contributed by atoms with van der Waals surface area (Å²) in [6.07, 6.45) is 5.69. The molecule has 3 rings (SSSR count). The van der Waals surface area contributed by atoms with Crippen molar-refractivity contribution in [2.24, 2.45) is 0 Å². The molecule has 1 aliphatic carbocycles. The van der Waals surface area contributed by atoms with Crippen LogP contribution in [0.15, 0.2) is 17.4 Å². The fourth-order valence-electron chi connectivity index (χ4n) is 4.82. The SMILES string of the molecule is CCCC(NOCC)C1=C(O)CC(c2cc3c(c(C)c2C)OC(C)(C)C3)CC1. The molecule has 0 bridgehead atoms. The van der Waals surface area contributed by atoms with Gasteiger partial charge in [-0.2, -0.15) is 5.48 Å². The average molecular weight is 388 g/mol. The minimum absolute atomic E-state index is 0.114. The third kappa shape index (κ3) is 4.23. The molecule has 1 aromatic rings. The fraction of sp³-hybridized carbons (Fsp3) is 0.667.